The molecule has 0 radical (unpaired) electrons. The Morgan fingerprint density at radius 3 is 2.52 bits per heavy atom. The summed E-state index contributed by atoms with van der Waals surface area (Å²) in [5, 5.41) is 8.22. The summed E-state index contributed by atoms with van der Waals surface area (Å²) in [4.78, 5) is 13.1. The maximum atomic E-state index is 11.9. The van der Waals surface area contributed by atoms with Gasteiger partial charge in [0.2, 0.25) is 5.91 Å². The highest BCUT2D eigenvalue weighted by Gasteiger charge is 2.20. The highest BCUT2D eigenvalue weighted by Crippen LogP contribution is 2.27. The molecule has 4 heteroatoms. The summed E-state index contributed by atoms with van der Waals surface area (Å²) in [5.41, 5.74) is 2.57. The van der Waals surface area contributed by atoms with Gasteiger partial charge in [-0.3, -0.25) is 10.1 Å². The molecule has 0 bridgehead atoms. The standard InChI is InChI=1S/C19H26N2OS/c1-4-5-7-15-9-11-16(12-10-15)18(17-8-6-13-23-17)21-14(2)19(22)20-3/h6,8-14,18,21H,4-5,7H2,1-3H3,(H,20,22)/t14-,18+/m1/s1. The molecule has 0 aliphatic carbocycles. The maximum absolute atomic E-state index is 11.9. The first-order valence-electron chi connectivity index (χ1n) is 8.25. The molecule has 0 saturated carbocycles. The molecule has 2 N–H and O–H groups in total. The number of aryl methyl sites for hydroxylation is 1. The summed E-state index contributed by atoms with van der Waals surface area (Å²) in [5.74, 6) is 0.00567. The summed E-state index contributed by atoms with van der Waals surface area (Å²) in [6.07, 6.45) is 3.56. The molecule has 1 aromatic heterocycles. The molecular formula is C19H26N2OS. The van der Waals surface area contributed by atoms with E-state index >= 15 is 0 Å². The highest BCUT2D eigenvalue weighted by molar-refractivity contribution is 7.10. The Labute approximate surface area is 143 Å². The van der Waals surface area contributed by atoms with Crippen molar-refractivity contribution in [1.29, 1.82) is 0 Å². The maximum Gasteiger partial charge on any atom is 0.236 e. The molecule has 3 nitrogen and oxygen atoms in total. The molecule has 124 valence electrons. The van der Waals surface area contributed by atoms with E-state index in [-0.39, 0.29) is 18.0 Å². The van der Waals surface area contributed by atoms with Crippen molar-refractivity contribution in [1.82, 2.24) is 10.6 Å². The minimum absolute atomic E-state index is 0.00567. The van der Waals surface area contributed by atoms with Gasteiger partial charge in [0.25, 0.3) is 0 Å². The summed E-state index contributed by atoms with van der Waals surface area (Å²) < 4.78 is 0. The number of nitrogens with one attached hydrogen (secondary N) is 2. The van der Waals surface area contributed by atoms with Crippen LogP contribution < -0.4 is 10.6 Å². The van der Waals surface area contributed by atoms with Gasteiger partial charge in [-0.25, -0.2) is 0 Å². The third-order valence-electron chi connectivity index (χ3n) is 4.02. The molecule has 0 spiro atoms. The minimum Gasteiger partial charge on any atom is -0.358 e. The molecule has 0 aliphatic heterocycles. The van der Waals surface area contributed by atoms with Crippen molar-refractivity contribution in [2.45, 2.75) is 45.2 Å². The van der Waals surface area contributed by atoms with Crippen LogP contribution in [0.3, 0.4) is 0 Å². The lowest BCUT2D eigenvalue weighted by molar-refractivity contribution is -0.122. The molecule has 23 heavy (non-hydrogen) atoms. The number of hydrogen-bond donors (Lipinski definition) is 2. The van der Waals surface area contributed by atoms with Crippen molar-refractivity contribution < 1.29 is 4.79 Å². The monoisotopic (exact) mass is 330 g/mol. The van der Waals surface area contributed by atoms with Gasteiger partial charge in [0, 0.05) is 11.9 Å². The van der Waals surface area contributed by atoms with E-state index in [9.17, 15) is 4.79 Å². The summed E-state index contributed by atoms with van der Waals surface area (Å²) >= 11 is 1.71. The van der Waals surface area contributed by atoms with Crippen LogP contribution in [0, 0.1) is 0 Å². The van der Waals surface area contributed by atoms with Crippen molar-refractivity contribution in [2.24, 2.45) is 0 Å². The zero-order valence-corrected chi connectivity index (χ0v) is 15.0. The number of likely N-dealkylation sites (N-methyl/N-ethyl adjacent to an activating group) is 1. The zero-order valence-electron chi connectivity index (χ0n) is 14.1. The molecule has 0 aliphatic rings. The second-order valence-corrected chi connectivity index (χ2v) is 6.78. The number of carbonyl (C=O) groups is 1. The molecular weight excluding hydrogens is 304 g/mol. The van der Waals surface area contributed by atoms with Crippen LogP contribution in [0.2, 0.25) is 0 Å². The van der Waals surface area contributed by atoms with Gasteiger partial charge in [-0.2, -0.15) is 0 Å². The number of rotatable bonds is 8. The normalized spacial score (nSPS) is 13.5. The number of amides is 1. The molecule has 0 unspecified atom stereocenters. The van der Waals surface area contributed by atoms with E-state index in [0.29, 0.717) is 0 Å². The Kier molecular flexibility index (Phi) is 6.81. The number of thiophene rings is 1. The molecule has 1 heterocycles. The quantitative estimate of drug-likeness (QED) is 0.770. The van der Waals surface area contributed by atoms with Crippen molar-refractivity contribution in [2.75, 3.05) is 7.05 Å². The van der Waals surface area contributed by atoms with Crippen LogP contribution in [-0.2, 0) is 11.2 Å². The fourth-order valence-corrected chi connectivity index (χ4v) is 3.41. The molecule has 0 saturated heterocycles. The van der Waals surface area contributed by atoms with Crippen molar-refractivity contribution >= 4 is 17.2 Å². The lowest BCUT2D eigenvalue weighted by Gasteiger charge is -2.22. The van der Waals surface area contributed by atoms with E-state index in [0.717, 1.165) is 6.42 Å². The van der Waals surface area contributed by atoms with Gasteiger partial charge in [-0.1, -0.05) is 43.7 Å². The fraction of sp³-hybridized carbons (Fsp3) is 0.421. The Morgan fingerprint density at radius 1 is 1.22 bits per heavy atom. The molecule has 0 fully saturated rings. The molecule has 2 atom stereocenters. The van der Waals surface area contributed by atoms with Crippen LogP contribution in [0.5, 0.6) is 0 Å². The molecule has 2 aromatic rings. The Hall–Kier alpha value is -1.65. The molecule has 1 aromatic carbocycles. The fourth-order valence-electron chi connectivity index (χ4n) is 2.60. The van der Waals surface area contributed by atoms with Crippen LogP contribution in [0.25, 0.3) is 0 Å². The predicted molar refractivity (Wildman–Crippen MR) is 97.9 cm³/mol. The van der Waals surface area contributed by atoms with Gasteiger partial charge in [0.05, 0.1) is 12.1 Å². The average molecular weight is 330 g/mol. The summed E-state index contributed by atoms with van der Waals surface area (Å²) in [7, 11) is 1.67. The second kappa shape index (κ2) is 8.85. The highest BCUT2D eigenvalue weighted by atomic mass is 32.1. The number of benzene rings is 1. The molecule has 2 rings (SSSR count). The summed E-state index contributed by atoms with van der Waals surface area (Å²) in [6.45, 7) is 4.11. The minimum atomic E-state index is -0.244. The van der Waals surface area contributed by atoms with Crippen LogP contribution in [0.1, 0.15) is 48.7 Å². The molecule has 1 amide bonds. The Bertz CT molecular complexity index is 592. The van der Waals surface area contributed by atoms with Crippen molar-refractivity contribution in [3.05, 3.63) is 57.8 Å². The van der Waals surface area contributed by atoms with Gasteiger partial charge in [0.15, 0.2) is 0 Å². The van der Waals surface area contributed by atoms with E-state index in [1.807, 2.05) is 6.92 Å². The van der Waals surface area contributed by atoms with Crippen LogP contribution in [0.4, 0.5) is 0 Å². The number of unbranched alkanes of at least 4 members (excludes halogenated alkanes) is 1. The smallest absolute Gasteiger partial charge is 0.236 e. The Morgan fingerprint density at radius 2 is 1.96 bits per heavy atom. The number of hydrogen-bond acceptors (Lipinski definition) is 3. The van der Waals surface area contributed by atoms with E-state index in [1.54, 1.807) is 18.4 Å². The third kappa shape index (κ3) is 4.91. The topological polar surface area (TPSA) is 41.1 Å². The SMILES string of the molecule is CCCCc1ccc([C@H](N[C@H](C)C(=O)NC)c2cccs2)cc1. The van der Waals surface area contributed by atoms with Crippen LogP contribution in [0.15, 0.2) is 41.8 Å². The van der Waals surface area contributed by atoms with Crippen molar-refractivity contribution in [3.8, 4) is 0 Å². The van der Waals surface area contributed by atoms with Crippen molar-refractivity contribution in [3.63, 3.8) is 0 Å². The first kappa shape index (κ1) is 17.7. The first-order chi connectivity index (χ1) is 11.2. The van der Waals surface area contributed by atoms with Gasteiger partial charge in [-0.15, -0.1) is 11.3 Å². The van der Waals surface area contributed by atoms with E-state index in [2.05, 4.69) is 59.3 Å². The summed E-state index contributed by atoms with van der Waals surface area (Å²) in [6, 6.07) is 12.7. The lowest BCUT2D eigenvalue weighted by atomic mass is 10.0. The Balaban J connectivity index is 2.18. The average Bonchev–Trinajstić information content (AvgIpc) is 3.11. The third-order valence-corrected chi connectivity index (χ3v) is 4.95. The van der Waals surface area contributed by atoms with Crippen LogP contribution >= 0.6 is 11.3 Å². The van der Waals surface area contributed by atoms with Crippen LogP contribution in [-0.4, -0.2) is 19.0 Å². The lowest BCUT2D eigenvalue weighted by Crippen LogP contribution is -2.42. The number of carbonyl (C=O) groups excluding carboxylic acids is 1. The first-order valence-corrected chi connectivity index (χ1v) is 9.13. The van der Waals surface area contributed by atoms with Gasteiger partial charge in [0.1, 0.15) is 0 Å². The van der Waals surface area contributed by atoms with Gasteiger partial charge >= 0.3 is 0 Å². The van der Waals surface area contributed by atoms with E-state index < -0.39 is 0 Å². The zero-order chi connectivity index (χ0) is 16.7. The largest absolute Gasteiger partial charge is 0.358 e. The van der Waals surface area contributed by atoms with Gasteiger partial charge in [-0.05, 0) is 42.3 Å². The predicted octanol–water partition coefficient (Wildman–Crippen LogP) is 3.90. The van der Waals surface area contributed by atoms with E-state index in [4.69, 9.17) is 0 Å². The second-order valence-electron chi connectivity index (χ2n) is 5.80. The van der Waals surface area contributed by atoms with Gasteiger partial charge < -0.3 is 5.32 Å². The van der Waals surface area contributed by atoms with E-state index in [1.165, 1.54) is 28.8 Å².